The van der Waals surface area contributed by atoms with Crippen LogP contribution in [0.1, 0.15) is 36.0 Å². The van der Waals surface area contributed by atoms with Crippen LogP contribution in [0.15, 0.2) is 70.4 Å². The van der Waals surface area contributed by atoms with Crippen LogP contribution in [0.4, 0.5) is 0 Å². The molecule has 1 saturated heterocycles. The molecule has 1 spiro atoms. The van der Waals surface area contributed by atoms with Gasteiger partial charge < -0.3 is 23.9 Å². The largest absolute Gasteiger partial charge is 0.493 e. The summed E-state index contributed by atoms with van der Waals surface area (Å²) in [4.78, 5) is 15.2. The van der Waals surface area contributed by atoms with Crippen LogP contribution in [0, 0.1) is 0 Å². The molecule has 4 aliphatic rings. The Labute approximate surface area is 249 Å². The zero-order valence-corrected chi connectivity index (χ0v) is 24.8. The summed E-state index contributed by atoms with van der Waals surface area (Å²) in [5, 5.41) is 13.2. The lowest BCUT2D eigenvalue weighted by atomic mass is 9.48. The smallest absolute Gasteiger partial charge is 0.246 e. The molecular weight excluding hydrogens is 580 g/mol. The molecule has 0 unspecified atom stereocenters. The van der Waals surface area contributed by atoms with Gasteiger partial charge in [-0.3, -0.25) is 4.79 Å². The Balaban J connectivity index is 1.31. The van der Waals surface area contributed by atoms with Crippen molar-refractivity contribution >= 4 is 33.6 Å². The second-order valence-electron chi connectivity index (χ2n) is 11.5. The highest BCUT2D eigenvalue weighted by Crippen LogP contribution is 2.66. The first kappa shape index (κ1) is 27.5. The van der Waals surface area contributed by atoms with E-state index in [0.717, 1.165) is 16.7 Å². The van der Waals surface area contributed by atoms with E-state index in [0.29, 0.717) is 42.2 Å². The van der Waals surface area contributed by atoms with E-state index in [1.807, 2.05) is 12.1 Å². The number of hydrogen-bond donors (Lipinski definition) is 1. The molecular formula is C31H31ClN2O7S. The Morgan fingerprint density at radius 1 is 1.19 bits per heavy atom. The number of methoxy groups -OCH3 is 1. The molecule has 1 N–H and O–H groups in total. The molecule has 220 valence electrons. The Morgan fingerprint density at radius 2 is 1.98 bits per heavy atom. The molecule has 2 aromatic carbocycles. The van der Waals surface area contributed by atoms with Gasteiger partial charge in [-0.05, 0) is 73.7 Å². The van der Waals surface area contributed by atoms with E-state index in [4.69, 9.17) is 25.5 Å². The molecule has 2 fully saturated rings. The topological polar surface area (TPSA) is 110 Å². The summed E-state index contributed by atoms with van der Waals surface area (Å²) in [6, 6.07) is 10.6. The number of nitrogens with zero attached hydrogens (tertiary/aromatic N) is 2. The number of amides is 1. The first-order chi connectivity index (χ1) is 20.1. The van der Waals surface area contributed by atoms with Crippen molar-refractivity contribution in [3.05, 3.63) is 82.8 Å². The van der Waals surface area contributed by atoms with Crippen LogP contribution < -0.4 is 9.47 Å². The van der Waals surface area contributed by atoms with Gasteiger partial charge in [0.2, 0.25) is 15.9 Å². The third-order valence-corrected chi connectivity index (χ3v) is 12.0. The fourth-order valence-corrected chi connectivity index (χ4v) is 9.67. The second-order valence-corrected chi connectivity index (χ2v) is 13.9. The van der Waals surface area contributed by atoms with Gasteiger partial charge in [-0.2, -0.15) is 4.31 Å². The molecule has 1 amide bonds. The van der Waals surface area contributed by atoms with Gasteiger partial charge in [-0.15, -0.1) is 0 Å². The molecule has 1 aromatic heterocycles. The number of carbonyl (C=O) groups is 1. The third kappa shape index (κ3) is 3.68. The van der Waals surface area contributed by atoms with Crippen LogP contribution in [0.25, 0.3) is 6.08 Å². The van der Waals surface area contributed by atoms with E-state index >= 15 is 0 Å². The van der Waals surface area contributed by atoms with Crippen molar-refractivity contribution in [3.8, 4) is 11.5 Å². The number of aliphatic hydroxyl groups is 1. The van der Waals surface area contributed by atoms with Crippen LogP contribution in [0.3, 0.4) is 0 Å². The van der Waals surface area contributed by atoms with E-state index in [1.165, 1.54) is 22.5 Å². The van der Waals surface area contributed by atoms with Gasteiger partial charge in [0.05, 0.1) is 47.6 Å². The highest BCUT2D eigenvalue weighted by atomic mass is 35.5. The summed E-state index contributed by atoms with van der Waals surface area (Å²) in [5.74, 6) is 0.930. The Kier molecular flexibility index (Phi) is 6.29. The summed E-state index contributed by atoms with van der Waals surface area (Å²) in [6.45, 7) is 0.193. The van der Waals surface area contributed by atoms with Crippen LogP contribution in [-0.4, -0.2) is 73.1 Å². The molecule has 2 bridgehead atoms. The quantitative estimate of drug-likeness (QED) is 0.420. The first-order valence-corrected chi connectivity index (χ1v) is 15.8. The molecule has 1 saturated carbocycles. The molecule has 3 aromatic rings. The summed E-state index contributed by atoms with van der Waals surface area (Å²) in [6.07, 6.45) is 7.10. The van der Waals surface area contributed by atoms with Gasteiger partial charge in [0.15, 0.2) is 11.5 Å². The molecule has 0 radical (unpaired) electrons. The first-order valence-electron chi connectivity index (χ1n) is 14.0. The molecule has 2 aliphatic carbocycles. The summed E-state index contributed by atoms with van der Waals surface area (Å²) in [7, 11) is -0.616. The highest BCUT2D eigenvalue weighted by molar-refractivity contribution is 7.89. The Morgan fingerprint density at radius 3 is 2.69 bits per heavy atom. The fourth-order valence-electron chi connectivity index (χ4n) is 7.88. The maximum atomic E-state index is 14.0. The number of piperidine rings is 1. The van der Waals surface area contributed by atoms with E-state index in [-0.39, 0.29) is 23.4 Å². The number of sulfonamides is 1. The van der Waals surface area contributed by atoms with Crippen LogP contribution in [-0.2, 0) is 26.7 Å². The Hall–Kier alpha value is -3.31. The van der Waals surface area contributed by atoms with E-state index in [1.54, 1.807) is 55.9 Å². The number of furan rings is 1. The summed E-state index contributed by atoms with van der Waals surface area (Å²) < 4.78 is 47.0. The van der Waals surface area contributed by atoms with Gasteiger partial charge >= 0.3 is 0 Å². The molecule has 7 rings (SSSR count). The SMILES string of the molecule is COc1ccc2c3c1O[C@H]1[C@H](N(C)C(=O)/C=C/c4ccoc4)CC[C@@]4(O)[C@@H](C2)N(S(=O)(=O)c2ccc(Cl)cc2)CC[C@]314. The number of likely N-dealkylation sites (N-methyl/N-ethyl adjacent to an activating group) is 1. The monoisotopic (exact) mass is 610 g/mol. The minimum atomic E-state index is -3.94. The molecule has 2 aliphatic heterocycles. The number of hydrogen-bond acceptors (Lipinski definition) is 7. The van der Waals surface area contributed by atoms with Gasteiger partial charge in [-0.25, -0.2) is 8.42 Å². The lowest BCUT2D eigenvalue weighted by Gasteiger charge is -2.64. The normalized spacial score (nSPS) is 29.7. The van der Waals surface area contributed by atoms with Crippen LogP contribution in [0.5, 0.6) is 11.5 Å². The number of ether oxygens (including phenoxy) is 2. The predicted molar refractivity (Wildman–Crippen MR) is 155 cm³/mol. The average Bonchev–Trinajstić information content (AvgIpc) is 3.61. The number of carbonyl (C=O) groups excluding carboxylic acids is 1. The summed E-state index contributed by atoms with van der Waals surface area (Å²) >= 11 is 6.05. The van der Waals surface area contributed by atoms with Gasteiger partial charge in [0, 0.05) is 35.8 Å². The van der Waals surface area contributed by atoms with E-state index in [9.17, 15) is 18.3 Å². The minimum Gasteiger partial charge on any atom is -0.493 e. The zero-order valence-electron chi connectivity index (χ0n) is 23.2. The van der Waals surface area contributed by atoms with Gasteiger partial charge in [0.25, 0.3) is 0 Å². The second kappa shape index (κ2) is 9.60. The number of rotatable bonds is 6. The van der Waals surface area contributed by atoms with E-state index in [2.05, 4.69) is 0 Å². The fraction of sp³-hybridized carbons (Fsp3) is 0.387. The number of benzene rings is 2. The molecule has 5 atom stereocenters. The van der Waals surface area contributed by atoms with Crippen molar-refractivity contribution in [3.63, 3.8) is 0 Å². The zero-order chi connectivity index (χ0) is 29.4. The van der Waals surface area contributed by atoms with Crippen molar-refractivity contribution in [1.29, 1.82) is 0 Å². The van der Waals surface area contributed by atoms with Gasteiger partial charge in [0.1, 0.15) is 6.10 Å². The van der Waals surface area contributed by atoms with Crippen molar-refractivity contribution in [2.24, 2.45) is 0 Å². The van der Waals surface area contributed by atoms with Crippen molar-refractivity contribution in [2.45, 2.75) is 59.8 Å². The lowest BCUT2D eigenvalue weighted by Crippen LogP contribution is -2.78. The van der Waals surface area contributed by atoms with Crippen LogP contribution in [0.2, 0.25) is 5.02 Å². The standard InChI is InChI=1S/C31H31ClN2O7S/c1-33(26(35)10-3-19-12-16-40-18-19)23-11-13-31(36)25-17-20-4-9-24(39-2)28-27(20)30(31,29(23)41-28)14-15-34(25)42(37,38)22-7-5-21(32)6-8-22/h3-10,12,16,18,23,25,29,36H,11,13-15,17H2,1-2H3/b10-3+/t23-,25-,29+,30+,31-/m1/s1. The molecule has 9 nitrogen and oxygen atoms in total. The van der Waals surface area contributed by atoms with Crippen LogP contribution >= 0.6 is 11.6 Å². The summed E-state index contributed by atoms with van der Waals surface area (Å²) in [5.41, 5.74) is 0.235. The Bertz CT molecular complexity index is 1690. The van der Waals surface area contributed by atoms with Gasteiger partial charge in [-0.1, -0.05) is 17.7 Å². The predicted octanol–water partition coefficient (Wildman–Crippen LogP) is 4.03. The number of halogens is 1. The van der Waals surface area contributed by atoms with E-state index < -0.39 is 33.2 Å². The third-order valence-electron chi connectivity index (χ3n) is 9.81. The highest BCUT2D eigenvalue weighted by Gasteiger charge is 2.74. The minimum absolute atomic E-state index is 0.135. The molecule has 11 heteroatoms. The van der Waals surface area contributed by atoms with Crippen molar-refractivity contribution < 1.29 is 32.2 Å². The van der Waals surface area contributed by atoms with Crippen molar-refractivity contribution in [2.75, 3.05) is 20.7 Å². The maximum Gasteiger partial charge on any atom is 0.246 e. The molecule has 3 heterocycles. The molecule has 42 heavy (non-hydrogen) atoms. The van der Waals surface area contributed by atoms with Crippen molar-refractivity contribution in [1.82, 2.24) is 9.21 Å². The lowest BCUT2D eigenvalue weighted by molar-refractivity contribution is -0.186. The average molecular weight is 611 g/mol. The maximum absolute atomic E-state index is 14.0.